The molecule has 0 bridgehead atoms. The molecule has 2 amide bonds. The molecule has 126 valence electrons. The summed E-state index contributed by atoms with van der Waals surface area (Å²) in [6.45, 7) is 4.78. The Bertz CT molecular complexity index is 887. The Hall–Kier alpha value is -2.70. The smallest absolute Gasteiger partial charge is 0.260 e. The molecule has 2 aromatic heterocycles. The highest BCUT2D eigenvalue weighted by molar-refractivity contribution is 5.99. The summed E-state index contributed by atoms with van der Waals surface area (Å²) >= 11 is 0. The summed E-state index contributed by atoms with van der Waals surface area (Å²) < 4.78 is 1.78. The Morgan fingerprint density at radius 3 is 2.79 bits per heavy atom. The van der Waals surface area contributed by atoms with Gasteiger partial charge in [-0.25, -0.2) is 4.98 Å². The molecule has 0 aliphatic carbocycles. The lowest BCUT2D eigenvalue weighted by Gasteiger charge is -2.22. The number of nitrogens with zero attached hydrogens (tertiary/aromatic N) is 3. The molecule has 0 spiro atoms. The molecule has 1 unspecified atom stereocenters. The molecule has 1 aliphatic rings. The van der Waals surface area contributed by atoms with Gasteiger partial charge in [0.05, 0.1) is 5.39 Å². The fourth-order valence-electron chi connectivity index (χ4n) is 3.21. The molecule has 0 radical (unpaired) electrons. The second-order valence-corrected chi connectivity index (χ2v) is 6.04. The number of carbonyl (C=O) groups is 2. The van der Waals surface area contributed by atoms with Crippen LogP contribution in [0, 0.1) is 6.92 Å². The second-order valence-electron chi connectivity index (χ2n) is 6.04. The molecule has 1 saturated heterocycles. The predicted octanol–water partition coefficient (Wildman–Crippen LogP) is 0.815. The van der Waals surface area contributed by atoms with Gasteiger partial charge in [0.25, 0.3) is 5.91 Å². The summed E-state index contributed by atoms with van der Waals surface area (Å²) in [4.78, 5) is 43.0. The SMILES string of the molecule is CCn1cc(C(=O)N2CCCC2C(N)=O)c(=O)c2ccc(C)nc21. The van der Waals surface area contributed by atoms with E-state index in [1.165, 1.54) is 11.1 Å². The maximum Gasteiger partial charge on any atom is 0.260 e. The number of likely N-dealkylation sites (tertiary alicyclic amines) is 1. The number of hydrogen-bond acceptors (Lipinski definition) is 4. The van der Waals surface area contributed by atoms with Crippen molar-refractivity contribution < 1.29 is 9.59 Å². The van der Waals surface area contributed by atoms with Crippen molar-refractivity contribution in [3.05, 3.63) is 39.8 Å². The third kappa shape index (κ3) is 2.55. The van der Waals surface area contributed by atoms with E-state index in [9.17, 15) is 14.4 Å². The minimum atomic E-state index is -0.640. The maximum absolute atomic E-state index is 12.8. The molecule has 7 nitrogen and oxygen atoms in total. The first-order valence-electron chi connectivity index (χ1n) is 8.05. The van der Waals surface area contributed by atoms with Gasteiger partial charge in [-0.2, -0.15) is 0 Å². The first-order chi connectivity index (χ1) is 11.4. The number of hydrogen-bond donors (Lipinski definition) is 1. The lowest BCUT2D eigenvalue weighted by Crippen LogP contribution is -2.45. The predicted molar refractivity (Wildman–Crippen MR) is 89.7 cm³/mol. The van der Waals surface area contributed by atoms with E-state index in [0.717, 1.165) is 5.69 Å². The third-order valence-corrected chi connectivity index (χ3v) is 4.47. The van der Waals surface area contributed by atoms with Gasteiger partial charge in [-0.05, 0) is 38.8 Å². The van der Waals surface area contributed by atoms with Crippen LogP contribution in [0.4, 0.5) is 0 Å². The Kier molecular flexibility index (Phi) is 4.09. The number of aromatic nitrogens is 2. The molecule has 2 N–H and O–H groups in total. The van der Waals surface area contributed by atoms with Crippen molar-refractivity contribution in [2.75, 3.05) is 6.54 Å². The quantitative estimate of drug-likeness (QED) is 0.901. The zero-order valence-corrected chi connectivity index (χ0v) is 13.8. The molecule has 1 atom stereocenters. The zero-order valence-electron chi connectivity index (χ0n) is 13.8. The van der Waals surface area contributed by atoms with E-state index in [4.69, 9.17) is 5.73 Å². The summed E-state index contributed by atoms with van der Waals surface area (Å²) in [5.74, 6) is -0.972. The Balaban J connectivity index is 2.14. The highest BCUT2D eigenvalue weighted by Gasteiger charge is 2.34. The summed E-state index contributed by atoms with van der Waals surface area (Å²) in [7, 11) is 0. The number of pyridine rings is 2. The van der Waals surface area contributed by atoms with Gasteiger partial charge in [0, 0.05) is 25.0 Å². The summed E-state index contributed by atoms with van der Waals surface area (Å²) in [5.41, 5.74) is 6.44. The summed E-state index contributed by atoms with van der Waals surface area (Å²) in [6, 6.07) is 2.80. The molecule has 24 heavy (non-hydrogen) atoms. The molecule has 0 aromatic carbocycles. The van der Waals surface area contributed by atoms with Crippen molar-refractivity contribution in [3.8, 4) is 0 Å². The van der Waals surface area contributed by atoms with Crippen molar-refractivity contribution in [2.45, 2.75) is 39.3 Å². The summed E-state index contributed by atoms with van der Waals surface area (Å²) in [6.07, 6.45) is 2.78. The average Bonchev–Trinajstić information content (AvgIpc) is 3.04. The van der Waals surface area contributed by atoms with Crippen LogP contribution in [-0.2, 0) is 11.3 Å². The highest BCUT2D eigenvalue weighted by Crippen LogP contribution is 2.20. The number of primary amides is 1. The third-order valence-electron chi connectivity index (χ3n) is 4.47. The maximum atomic E-state index is 12.8. The number of amides is 2. The van der Waals surface area contributed by atoms with Crippen LogP contribution >= 0.6 is 0 Å². The van der Waals surface area contributed by atoms with Gasteiger partial charge in [-0.1, -0.05) is 0 Å². The Labute approximate surface area is 139 Å². The van der Waals surface area contributed by atoms with Crippen LogP contribution in [0.1, 0.15) is 35.8 Å². The molecule has 3 heterocycles. The number of carbonyl (C=O) groups excluding carboxylic acids is 2. The molecule has 2 aromatic rings. The van der Waals surface area contributed by atoms with Gasteiger partial charge in [0.1, 0.15) is 17.3 Å². The van der Waals surface area contributed by atoms with Crippen LogP contribution in [0.25, 0.3) is 11.0 Å². The van der Waals surface area contributed by atoms with E-state index in [1.54, 1.807) is 16.7 Å². The van der Waals surface area contributed by atoms with Crippen molar-refractivity contribution in [1.29, 1.82) is 0 Å². The Morgan fingerprint density at radius 1 is 1.38 bits per heavy atom. The van der Waals surface area contributed by atoms with Crippen molar-refractivity contribution in [3.63, 3.8) is 0 Å². The van der Waals surface area contributed by atoms with Crippen LogP contribution in [0.5, 0.6) is 0 Å². The molecule has 0 saturated carbocycles. The van der Waals surface area contributed by atoms with Crippen molar-refractivity contribution in [2.24, 2.45) is 5.73 Å². The van der Waals surface area contributed by atoms with Gasteiger partial charge >= 0.3 is 0 Å². The first-order valence-corrected chi connectivity index (χ1v) is 8.05. The standard InChI is InChI=1S/C17H20N4O3/c1-3-20-9-12(14(22)11-7-6-10(2)19-16(11)20)17(24)21-8-4-5-13(21)15(18)23/h6-7,9,13H,3-5,8H2,1-2H3,(H2,18,23). The van der Waals surface area contributed by atoms with E-state index in [0.29, 0.717) is 37.0 Å². The topological polar surface area (TPSA) is 98.3 Å². The first kappa shape index (κ1) is 16.2. The largest absolute Gasteiger partial charge is 0.368 e. The van der Waals surface area contributed by atoms with Gasteiger partial charge in [-0.15, -0.1) is 0 Å². The average molecular weight is 328 g/mol. The highest BCUT2D eigenvalue weighted by atomic mass is 16.2. The number of nitrogens with two attached hydrogens (primary N) is 1. The minimum Gasteiger partial charge on any atom is -0.368 e. The fourth-order valence-corrected chi connectivity index (χ4v) is 3.21. The van der Waals surface area contributed by atoms with E-state index in [2.05, 4.69) is 4.98 Å². The minimum absolute atomic E-state index is 0.0585. The number of fused-ring (bicyclic) bond motifs is 1. The Morgan fingerprint density at radius 2 is 2.12 bits per heavy atom. The van der Waals surface area contributed by atoms with Crippen LogP contribution in [-0.4, -0.2) is 38.9 Å². The number of aryl methyl sites for hydroxylation is 2. The van der Waals surface area contributed by atoms with Crippen LogP contribution in [0.3, 0.4) is 0 Å². The van der Waals surface area contributed by atoms with Gasteiger partial charge in [0.15, 0.2) is 0 Å². The molecule has 7 heteroatoms. The molecule has 3 rings (SSSR count). The molecular formula is C17H20N4O3. The van der Waals surface area contributed by atoms with E-state index in [1.807, 2.05) is 13.8 Å². The van der Waals surface area contributed by atoms with Crippen LogP contribution in [0.2, 0.25) is 0 Å². The molecule has 1 aliphatic heterocycles. The second kappa shape index (κ2) is 6.07. The number of rotatable bonds is 3. The van der Waals surface area contributed by atoms with E-state index >= 15 is 0 Å². The van der Waals surface area contributed by atoms with E-state index < -0.39 is 17.9 Å². The van der Waals surface area contributed by atoms with Crippen LogP contribution in [0.15, 0.2) is 23.1 Å². The zero-order chi connectivity index (χ0) is 17.4. The molecule has 1 fully saturated rings. The van der Waals surface area contributed by atoms with Gasteiger partial charge < -0.3 is 15.2 Å². The van der Waals surface area contributed by atoms with Crippen molar-refractivity contribution in [1.82, 2.24) is 14.5 Å². The monoisotopic (exact) mass is 328 g/mol. The lowest BCUT2D eigenvalue weighted by atomic mass is 10.1. The normalized spacial score (nSPS) is 17.4. The van der Waals surface area contributed by atoms with Gasteiger partial charge in [0.2, 0.25) is 11.3 Å². The molecular weight excluding hydrogens is 308 g/mol. The summed E-state index contributed by atoms with van der Waals surface area (Å²) in [5, 5.41) is 0.406. The van der Waals surface area contributed by atoms with E-state index in [-0.39, 0.29) is 11.0 Å². The van der Waals surface area contributed by atoms with Crippen molar-refractivity contribution >= 4 is 22.8 Å². The fraction of sp³-hybridized carbons (Fsp3) is 0.412. The van der Waals surface area contributed by atoms with Gasteiger partial charge in [-0.3, -0.25) is 14.4 Å². The van der Waals surface area contributed by atoms with Crippen LogP contribution < -0.4 is 11.2 Å². The lowest BCUT2D eigenvalue weighted by molar-refractivity contribution is -0.121.